The summed E-state index contributed by atoms with van der Waals surface area (Å²) in [6, 6.07) is 11.1. The Balaban J connectivity index is 2.30. The van der Waals surface area contributed by atoms with Crippen LogP contribution in [0, 0.1) is 0 Å². The van der Waals surface area contributed by atoms with Crippen molar-refractivity contribution >= 4 is 31.6 Å². The van der Waals surface area contributed by atoms with Crippen molar-refractivity contribution in [2.24, 2.45) is 0 Å². The second-order valence-corrected chi connectivity index (χ2v) is 7.47. The first kappa shape index (κ1) is 15.8. The fraction of sp³-hybridized carbons (Fsp3) is 0.143. The lowest BCUT2D eigenvalue weighted by Gasteiger charge is -2.18. The Morgan fingerprint density at radius 3 is 2.52 bits per heavy atom. The Kier molecular flexibility index (Phi) is 4.55. The van der Waals surface area contributed by atoms with Gasteiger partial charge in [-0.05, 0) is 40.2 Å². The third-order valence-electron chi connectivity index (χ3n) is 3.06. The smallest absolute Gasteiger partial charge is 0.243 e. The van der Waals surface area contributed by atoms with Crippen LogP contribution < -0.4 is 5.73 Å². The number of anilines is 1. The molecular weight excluding hydrogens is 356 g/mol. The van der Waals surface area contributed by atoms with E-state index in [4.69, 9.17) is 5.73 Å². The van der Waals surface area contributed by atoms with Crippen LogP contribution in [0.25, 0.3) is 0 Å². The first-order chi connectivity index (χ1) is 9.82. The van der Waals surface area contributed by atoms with Crippen LogP contribution >= 0.6 is 15.9 Å². The molecular formula is C14H15BrN2O3S. The quantitative estimate of drug-likeness (QED) is 0.810. The van der Waals surface area contributed by atoms with Crippen molar-refractivity contribution in [1.82, 2.24) is 4.31 Å². The van der Waals surface area contributed by atoms with Crippen LogP contribution in [0.1, 0.15) is 5.56 Å². The number of aromatic hydroxyl groups is 1. The summed E-state index contributed by atoms with van der Waals surface area (Å²) in [7, 11) is -2.19. The minimum atomic E-state index is -3.66. The number of nitrogens with zero attached hydrogens (tertiary/aromatic N) is 1. The second-order valence-electron chi connectivity index (χ2n) is 4.57. The number of sulfonamides is 1. The van der Waals surface area contributed by atoms with E-state index in [1.165, 1.54) is 35.6 Å². The molecule has 0 atom stereocenters. The molecule has 2 aromatic rings. The van der Waals surface area contributed by atoms with Crippen LogP contribution in [0.2, 0.25) is 0 Å². The van der Waals surface area contributed by atoms with E-state index >= 15 is 0 Å². The highest BCUT2D eigenvalue weighted by molar-refractivity contribution is 9.10. The number of hydrogen-bond donors (Lipinski definition) is 2. The summed E-state index contributed by atoms with van der Waals surface area (Å²) < 4.78 is 26.7. The number of benzene rings is 2. The van der Waals surface area contributed by atoms with Gasteiger partial charge in [0.05, 0.1) is 4.90 Å². The van der Waals surface area contributed by atoms with E-state index in [1.54, 1.807) is 18.2 Å². The standard InChI is InChI=1S/C14H15BrN2O3S/c1-17(9-10-4-2-3-5-14(10)18)21(19,20)11-6-7-13(16)12(15)8-11/h2-8,18H,9,16H2,1H3. The molecule has 7 heteroatoms. The molecule has 0 aliphatic rings. The summed E-state index contributed by atoms with van der Waals surface area (Å²) in [5, 5.41) is 9.73. The highest BCUT2D eigenvalue weighted by atomic mass is 79.9. The van der Waals surface area contributed by atoms with Crippen LogP contribution in [0.3, 0.4) is 0 Å². The first-order valence-electron chi connectivity index (χ1n) is 6.10. The third kappa shape index (κ3) is 3.37. The molecule has 0 fully saturated rings. The van der Waals surface area contributed by atoms with E-state index in [0.29, 0.717) is 15.7 Å². The Morgan fingerprint density at radius 2 is 1.90 bits per heavy atom. The largest absolute Gasteiger partial charge is 0.508 e. The molecule has 2 rings (SSSR count). The molecule has 0 aliphatic carbocycles. The molecule has 0 aromatic heterocycles. The molecule has 5 nitrogen and oxygen atoms in total. The zero-order chi connectivity index (χ0) is 15.6. The highest BCUT2D eigenvalue weighted by Gasteiger charge is 2.22. The van der Waals surface area contributed by atoms with Crippen LogP contribution in [0.4, 0.5) is 5.69 Å². The maximum atomic E-state index is 12.5. The van der Waals surface area contributed by atoms with Gasteiger partial charge < -0.3 is 10.8 Å². The lowest BCUT2D eigenvalue weighted by Crippen LogP contribution is -2.26. The van der Waals surface area contributed by atoms with E-state index < -0.39 is 10.0 Å². The lowest BCUT2D eigenvalue weighted by molar-refractivity contribution is 0.436. The van der Waals surface area contributed by atoms with E-state index in [1.807, 2.05) is 0 Å². The van der Waals surface area contributed by atoms with Gasteiger partial charge in [0.1, 0.15) is 5.75 Å². The zero-order valence-electron chi connectivity index (χ0n) is 11.3. The number of rotatable bonds is 4. The summed E-state index contributed by atoms with van der Waals surface area (Å²) in [5.41, 5.74) is 6.67. The SMILES string of the molecule is CN(Cc1ccccc1O)S(=O)(=O)c1ccc(N)c(Br)c1. The number of phenols is 1. The number of hydrogen-bond acceptors (Lipinski definition) is 4. The molecule has 2 aromatic carbocycles. The van der Waals surface area contributed by atoms with Crippen LogP contribution in [-0.4, -0.2) is 24.9 Å². The summed E-state index contributed by atoms with van der Waals surface area (Å²) >= 11 is 3.22. The average molecular weight is 371 g/mol. The number of para-hydroxylation sites is 1. The van der Waals surface area contributed by atoms with E-state index in [2.05, 4.69) is 15.9 Å². The number of nitrogens with two attached hydrogens (primary N) is 1. The number of phenolic OH excluding ortho intramolecular Hbond substituents is 1. The van der Waals surface area contributed by atoms with Gasteiger partial charge in [-0.15, -0.1) is 0 Å². The molecule has 112 valence electrons. The minimum absolute atomic E-state index is 0.0676. The number of halogens is 1. The van der Waals surface area contributed by atoms with Gasteiger partial charge in [-0.2, -0.15) is 4.31 Å². The Bertz CT molecular complexity index is 763. The monoisotopic (exact) mass is 370 g/mol. The Hall–Kier alpha value is -1.57. The predicted molar refractivity (Wildman–Crippen MR) is 85.3 cm³/mol. The van der Waals surface area contributed by atoms with Gasteiger partial charge in [-0.25, -0.2) is 8.42 Å². The van der Waals surface area contributed by atoms with Crippen LogP contribution in [-0.2, 0) is 16.6 Å². The summed E-state index contributed by atoms with van der Waals surface area (Å²) in [6.07, 6.45) is 0. The van der Waals surface area contributed by atoms with Gasteiger partial charge in [0.2, 0.25) is 10.0 Å². The Labute approximate surface area is 132 Å². The maximum Gasteiger partial charge on any atom is 0.243 e. The van der Waals surface area contributed by atoms with Gasteiger partial charge in [0.25, 0.3) is 0 Å². The topological polar surface area (TPSA) is 83.6 Å². The average Bonchev–Trinajstić information content (AvgIpc) is 2.44. The third-order valence-corrected chi connectivity index (χ3v) is 5.55. The summed E-state index contributed by atoms with van der Waals surface area (Å²) in [5.74, 6) is 0.0676. The van der Waals surface area contributed by atoms with Gasteiger partial charge in [0.15, 0.2) is 0 Å². The molecule has 3 N–H and O–H groups in total. The first-order valence-corrected chi connectivity index (χ1v) is 8.34. The van der Waals surface area contributed by atoms with Crippen molar-refractivity contribution < 1.29 is 13.5 Å². The van der Waals surface area contributed by atoms with Crippen molar-refractivity contribution in [2.45, 2.75) is 11.4 Å². The molecule has 0 unspecified atom stereocenters. The fourth-order valence-corrected chi connectivity index (χ4v) is 3.52. The van der Waals surface area contributed by atoms with Crippen molar-refractivity contribution in [1.29, 1.82) is 0 Å². The molecule has 0 spiro atoms. The lowest BCUT2D eigenvalue weighted by atomic mass is 10.2. The van der Waals surface area contributed by atoms with E-state index in [9.17, 15) is 13.5 Å². The summed E-state index contributed by atoms with van der Waals surface area (Å²) in [6.45, 7) is 0.0804. The second kappa shape index (κ2) is 6.05. The minimum Gasteiger partial charge on any atom is -0.508 e. The van der Waals surface area contributed by atoms with Crippen LogP contribution in [0.5, 0.6) is 5.75 Å². The molecule has 0 heterocycles. The molecule has 0 saturated heterocycles. The van der Waals surface area contributed by atoms with E-state index in [0.717, 1.165) is 0 Å². The van der Waals surface area contributed by atoms with Gasteiger partial charge in [0, 0.05) is 29.3 Å². The number of nitrogen functional groups attached to an aromatic ring is 1. The fourth-order valence-electron chi connectivity index (χ4n) is 1.82. The molecule has 0 saturated carbocycles. The summed E-state index contributed by atoms with van der Waals surface area (Å²) in [4.78, 5) is 0.140. The molecule has 21 heavy (non-hydrogen) atoms. The van der Waals surface area contributed by atoms with Crippen LogP contribution in [0.15, 0.2) is 51.8 Å². The van der Waals surface area contributed by atoms with E-state index in [-0.39, 0.29) is 17.2 Å². The van der Waals surface area contributed by atoms with Crippen molar-refractivity contribution in [3.05, 3.63) is 52.5 Å². The molecule has 0 amide bonds. The zero-order valence-corrected chi connectivity index (χ0v) is 13.7. The highest BCUT2D eigenvalue weighted by Crippen LogP contribution is 2.26. The molecule has 0 bridgehead atoms. The van der Waals surface area contributed by atoms with Crippen molar-refractivity contribution in [3.8, 4) is 5.75 Å². The molecule has 0 radical (unpaired) electrons. The maximum absolute atomic E-state index is 12.5. The predicted octanol–water partition coefficient (Wildman–Crippen LogP) is 2.56. The normalized spacial score (nSPS) is 11.8. The van der Waals surface area contributed by atoms with Crippen molar-refractivity contribution in [2.75, 3.05) is 12.8 Å². The Morgan fingerprint density at radius 1 is 1.24 bits per heavy atom. The molecule has 0 aliphatic heterocycles. The van der Waals surface area contributed by atoms with Gasteiger partial charge in [-0.1, -0.05) is 18.2 Å². The van der Waals surface area contributed by atoms with Gasteiger partial charge >= 0.3 is 0 Å². The van der Waals surface area contributed by atoms with Gasteiger partial charge in [-0.3, -0.25) is 0 Å². The van der Waals surface area contributed by atoms with Crippen molar-refractivity contribution in [3.63, 3.8) is 0 Å².